The lowest BCUT2D eigenvalue weighted by Gasteiger charge is -2.01. The minimum atomic E-state index is -0.711. The number of halogens is 1. The number of carbonyl (C=O) groups is 1. The number of benzene rings is 1. The molecule has 5 nitrogen and oxygen atoms in total. The molecular weight excluding hydrogens is 232 g/mol. The van der Waals surface area contributed by atoms with Crippen molar-refractivity contribution < 1.29 is 14.1 Å². The second-order valence-electron chi connectivity index (χ2n) is 2.96. The van der Waals surface area contributed by atoms with Crippen LogP contribution in [0.5, 0.6) is 5.75 Å². The van der Waals surface area contributed by atoms with Crippen LogP contribution in [0.25, 0.3) is 0 Å². The number of aromatic nitrogens is 1. The molecule has 6 heteroatoms. The van der Waals surface area contributed by atoms with Crippen LogP contribution in [0.4, 0.5) is 5.69 Å². The summed E-state index contributed by atoms with van der Waals surface area (Å²) < 4.78 is 9.63. The van der Waals surface area contributed by atoms with E-state index >= 15 is 0 Å². The smallest absolute Gasteiger partial charge is 0.384 e. The first-order valence-electron chi connectivity index (χ1n) is 4.34. The number of ether oxygens (including phenoxy) is 1. The Morgan fingerprint density at radius 3 is 2.94 bits per heavy atom. The van der Waals surface area contributed by atoms with Crippen LogP contribution in [0.3, 0.4) is 0 Å². The molecule has 0 saturated heterocycles. The van der Waals surface area contributed by atoms with Gasteiger partial charge in [0, 0.05) is 5.02 Å². The molecule has 82 valence electrons. The number of hydrogen-bond acceptors (Lipinski definition) is 5. The fourth-order valence-electron chi connectivity index (χ4n) is 1.09. The zero-order valence-corrected chi connectivity index (χ0v) is 8.77. The Balaban J connectivity index is 2.17. The van der Waals surface area contributed by atoms with Gasteiger partial charge in [-0.3, -0.25) is 0 Å². The van der Waals surface area contributed by atoms with E-state index in [0.29, 0.717) is 10.8 Å². The van der Waals surface area contributed by atoms with E-state index in [1.165, 1.54) is 12.3 Å². The number of rotatable bonds is 2. The molecule has 0 radical (unpaired) electrons. The second-order valence-corrected chi connectivity index (χ2v) is 3.39. The summed E-state index contributed by atoms with van der Waals surface area (Å²) in [7, 11) is 0. The predicted molar refractivity (Wildman–Crippen MR) is 57.3 cm³/mol. The highest BCUT2D eigenvalue weighted by molar-refractivity contribution is 6.30. The van der Waals surface area contributed by atoms with E-state index in [2.05, 4.69) is 9.68 Å². The van der Waals surface area contributed by atoms with Crippen LogP contribution in [-0.2, 0) is 0 Å². The van der Waals surface area contributed by atoms with Crippen molar-refractivity contribution in [2.75, 3.05) is 5.73 Å². The normalized spacial score (nSPS) is 10.1. The fraction of sp³-hybridized carbons (Fsp3) is 0. The first kappa shape index (κ1) is 10.5. The summed E-state index contributed by atoms with van der Waals surface area (Å²) in [5.74, 6) is -0.523. The van der Waals surface area contributed by atoms with Crippen LogP contribution in [0.2, 0.25) is 5.02 Å². The Kier molecular flexibility index (Phi) is 2.78. The van der Waals surface area contributed by atoms with Gasteiger partial charge in [0.05, 0.1) is 6.20 Å². The van der Waals surface area contributed by atoms with Gasteiger partial charge < -0.3 is 15.0 Å². The van der Waals surface area contributed by atoms with Gasteiger partial charge in [-0.05, 0) is 18.2 Å². The van der Waals surface area contributed by atoms with E-state index in [9.17, 15) is 4.79 Å². The van der Waals surface area contributed by atoms with Gasteiger partial charge in [0.1, 0.15) is 11.4 Å². The van der Waals surface area contributed by atoms with Crippen LogP contribution in [0.1, 0.15) is 10.6 Å². The molecule has 0 atom stereocenters. The number of carbonyl (C=O) groups excluding carboxylic acids is 1. The van der Waals surface area contributed by atoms with E-state index in [1.54, 1.807) is 18.2 Å². The molecule has 0 spiro atoms. The highest BCUT2D eigenvalue weighted by Crippen LogP contribution is 2.19. The number of esters is 1. The SMILES string of the molecule is Nc1cnoc1C(=O)Oc1cccc(Cl)c1. The quantitative estimate of drug-likeness (QED) is 0.641. The molecule has 1 heterocycles. The van der Waals surface area contributed by atoms with Crippen LogP contribution < -0.4 is 10.5 Å². The van der Waals surface area contributed by atoms with Crippen LogP contribution in [0, 0.1) is 0 Å². The van der Waals surface area contributed by atoms with E-state index in [4.69, 9.17) is 22.1 Å². The van der Waals surface area contributed by atoms with Gasteiger partial charge in [0.2, 0.25) is 0 Å². The lowest BCUT2D eigenvalue weighted by Crippen LogP contribution is -2.09. The monoisotopic (exact) mass is 238 g/mol. The van der Waals surface area contributed by atoms with Gasteiger partial charge in [-0.2, -0.15) is 0 Å². The van der Waals surface area contributed by atoms with Gasteiger partial charge in [0.25, 0.3) is 5.76 Å². The predicted octanol–water partition coefficient (Wildman–Crippen LogP) is 2.13. The number of nitrogen functional groups attached to an aromatic ring is 1. The van der Waals surface area contributed by atoms with E-state index in [1.807, 2.05) is 0 Å². The third-order valence-electron chi connectivity index (χ3n) is 1.79. The van der Waals surface area contributed by atoms with Crippen LogP contribution in [0.15, 0.2) is 35.0 Å². The average molecular weight is 239 g/mol. The second kappa shape index (κ2) is 4.24. The van der Waals surface area contributed by atoms with Crippen molar-refractivity contribution >= 4 is 23.3 Å². The number of nitrogens with zero attached hydrogens (tertiary/aromatic N) is 1. The van der Waals surface area contributed by atoms with Crippen molar-refractivity contribution in [3.8, 4) is 5.75 Å². The first-order chi connectivity index (χ1) is 7.66. The molecule has 0 saturated carbocycles. The van der Waals surface area contributed by atoms with Crippen molar-refractivity contribution in [2.45, 2.75) is 0 Å². The number of anilines is 1. The Hall–Kier alpha value is -2.01. The highest BCUT2D eigenvalue weighted by Gasteiger charge is 2.17. The lowest BCUT2D eigenvalue weighted by molar-refractivity contribution is 0.0692. The highest BCUT2D eigenvalue weighted by atomic mass is 35.5. The van der Waals surface area contributed by atoms with Gasteiger partial charge >= 0.3 is 5.97 Å². The van der Waals surface area contributed by atoms with E-state index in [0.717, 1.165) is 0 Å². The Morgan fingerprint density at radius 2 is 2.31 bits per heavy atom. The maximum Gasteiger partial charge on any atom is 0.384 e. The molecule has 0 aliphatic heterocycles. The van der Waals surface area contributed by atoms with Gasteiger partial charge in [-0.1, -0.05) is 22.8 Å². The number of hydrogen-bond donors (Lipinski definition) is 1. The van der Waals surface area contributed by atoms with Crippen LogP contribution in [-0.4, -0.2) is 11.1 Å². The molecule has 1 aromatic carbocycles. The molecule has 2 rings (SSSR count). The van der Waals surface area contributed by atoms with Gasteiger partial charge in [0.15, 0.2) is 0 Å². The molecule has 0 fully saturated rings. The Labute approximate surface area is 95.7 Å². The standard InChI is InChI=1S/C10H7ClN2O3/c11-6-2-1-3-7(4-6)15-10(14)9-8(12)5-13-16-9/h1-5H,12H2. The molecule has 0 unspecified atom stereocenters. The van der Waals surface area contributed by atoms with Gasteiger partial charge in [-0.15, -0.1) is 0 Å². The van der Waals surface area contributed by atoms with E-state index in [-0.39, 0.29) is 11.4 Å². The molecular formula is C10H7ClN2O3. The Morgan fingerprint density at radius 1 is 1.50 bits per heavy atom. The fourth-order valence-corrected chi connectivity index (χ4v) is 1.27. The zero-order valence-electron chi connectivity index (χ0n) is 8.01. The summed E-state index contributed by atoms with van der Waals surface area (Å²) in [6.45, 7) is 0. The minimum Gasteiger partial charge on any atom is -0.420 e. The Bertz CT molecular complexity index is 524. The molecule has 0 aliphatic rings. The average Bonchev–Trinajstić information content (AvgIpc) is 2.64. The van der Waals surface area contributed by atoms with E-state index < -0.39 is 5.97 Å². The molecule has 0 bridgehead atoms. The summed E-state index contributed by atoms with van der Waals surface area (Å²) in [5, 5.41) is 3.84. The third kappa shape index (κ3) is 2.14. The molecule has 2 aromatic rings. The van der Waals surface area contributed by atoms with Crippen LogP contribution >= 0.6 is 11.6 Å². The summed E-state index contributed by atoms with van der Waals surface area (Å²) >= 11 is 5.73. The molecule has 2 N–H and O–H groups in total. The summed E-state index contributed by atoms with van der Waals surface area (Å²) in [5.41, 5.74) is 5.57. The third-order valence-corrected chi connectivity index (χ3v) is 2.03. The summed E-state index contributed by atoms with van der Waals surface area (Å²) in [6.07, 6.45) is 1.23. The topological polar surface area (TPSA) is 78.4 Å². The lowest BCUT2D eigenvalue weighted by atomic mass is 10.3. The number of nitrogens with two attached hydrogens (primary N) is 1. The van der Waals surface area contributed by atoms with Crippen molar-refractivity contribution in [1.29, 1.82) is 0 Å². The zero-order chi connectivity index (χ0) is 11.5. The van der Waals surface area contributed by atoms with Gasteiger partial charge in [-0.25, -0.2) is 4.79 Å². The maximum atomic E-state index is 11.5. The first-order valence-corrected chi connectivity index (χ1v) is 4.72. The molecule has 1 aromatic heterocycles. The molecule has 0 amide bonds. The largest absolute Gasteiger partial charge is 0.420 e. The van der Waals surface area contributed by atoms with Crippen molar-refractivity contribution in [2.24, 2.45) is 0 Å². The van der Waals surface area contributed by atoms with Crippen molar-refractivity contribution in [3.63, 3.8) is 0 Å². The minimum absolute atomic E-state index is 0.125. The molecule has 16 heavy (non-hydrogen) atoms. The maximum absolute atomic E-state index is 11.5. The molecule has 0 aliphatic carbocycles. The summed E-state index contributed by atoms with van der Waals surface area (Å²) in [4.78, 5) is 11.5. The summed E-state index contributed by atoms with van der Waals surface area (Å²) in [6, 6.07) is 6.43. The van der Waals surface area contributed by atoms with Crippen molar-refractivity contribution in [1.82, 2.24) is 5.16 Å². The van der Waals surface area contributed by atoms with Crippen molar-refractivity contribution in [3.05, 3.63) is 41.2 Å².